The molecule has 0 aliphatic carbocycles. The molecular formula is C13H14ClN5O3S2. The second kappa shape index (κ2) is 6.63. The van der Waals surface area contributed by atoms with Gasteiger partial charge in [0.2, 0.25) is 15.0 Å². The van der Waals surface area contributed by atoms with Crippen LogP contribution in [-0.4, -0.2) is 41.9 Å². The van der Waals surface area contributed by atoms with Crippen molar-refractivity contribution in [2.75, 3.05) is 13.7 Å². The molecule has 3 rings (SSSR count). The molecule has 0 atom stereocenters. The molecule has 0 aliphatic heterocycles. The van der Waals surface area contributed by atoms with Crippen LogP contribution in [-0.2, 0) is 16.4 Å². The second-order valence-electron chi connectivity index (χ2n) is 4.88. The third-order valence-corrected chi connectivity index (χ3v) is 5.97. The van der Waals surface area contributed by atoms with E-state index in [1.807, 2.05) is 0 Å². The number of fused-ring (bicyclic) bond motifs is 1. The summed E-state index contributed by atoms with van der Waals surface area (Å²) in [5, 5.41) is 13.2. The Morgan fingerprint density at radius 3 is 2.83 bits per heavy atom. The third-order valence-electron chi connectivity index (χ3n) is 3.25. The van der Waals surface area contributed by atoms with Crippen molar-refractivity contribution < 1.29 is 13.2 Å². The normalized spacial score (nSPS) is 12.0. The van der Waals surface area contributed by atoms with E-state index in [4.69, 9.17) is 16.3 Å². The predicted molar refractivity (Wildman–Crippen MR) is 90.3 cm³/mol. The van der Waals surface area contributed by atoms with Crippen LogP contribution < -0.4 is 9.46 Å². The second-order valence-corrected chi connectivity index (χ2v) is 8.10. The molecule has 0 saturated heterocycles. The summed E-state index contributed by atoms with van der Waals surface area (Å²) in [7, 11) is -2.18. The minimum absolute atomic E-state index is 0.0854. The van der Waals surface area contributed by atoms with Gasteiger partial charge in [-0.15, -0.1) is 10.2 Å². The maximum Gasteiger partial charge on any atom is 0.240 e. The van der Waals surface area contributed by atoms with Crippen molar-refractivity contribution in [3.63, 3.8) is 0 Å². The fourth-order valence-corrected chi connectivity index (χ4v) is 4.30. The van der Waals surface area contributed by atoms with Crippen LogP contribution in [0.1, 0.15) is 10.8 Å². The van der Waals surface area contributed by atoms with Crippen molar-refractivity contribution >= 4 is 37.9 Å². The number of benzene rings is 1. The Morgan fingerprint density at radius 1 is 1.38 bits per heavy atom. The van der Waals surface area contributed by atoms with E-state index in [2.05, 4.69) is 20.0 Å². The van der Waals surface area contributed by atoms with E-state index < -0.39 is 10.0 Å². The molecule has 0 spiro atoms. The highest BCUT2D eigenvalue weighted by atomic mass is 35.5. The zero-order chi connectivity index (χ0) is 17.3. The summed E-state index contributed by atoms with van der Waals surface area (Å²) in [6, 6.07) is 4.32. The van der Waals surface area contributed by atoms with Crippen molar-refractivity contribution in [1.82, 2.24) is 24.5 Å². The number of nitrogens with zero attached hydrogens (tertiary/aromatic N) is 4. The molecule has 0 bridgehead atoms. The molecular weight excluding hydrogens is 374 g/mol. The lowest BCUT2D eigenvalue weighted by Gasteiger charge is -2.08. The molecule has 2 heterocycles. The molecule has 0 radical (unpaired) electrons. The number of halogens is 1. The van der Waals surface area contributed by atoms with Gasteiger partial charge in [0.1, 0.15) is 10.8 Å². The molecule has 3 aromatic rings. The highest BCUT2D eigenvalue weighted by Gasteiger charge is 2.16. The van der Waals surface area contributed by atoms with Crippen LogP contribution >= 0.6 is 22.9 Å². The van der Waals surface area contributed by atoms with Crippen molar-refractivity contribution in [3.05, 3.63) is 34.1 Å². The van der Waals surface area contributed by atoms with Gasteiger partial charge in [-0.05, 0) is 25.1 Å². The Morgan fingerprint density at radius 2 is 2.17 bits per heavy atom. The van der Waals surface area contributed by atoms with Gasteiger partial charge in [0, 0.05) is 13.0 Å². The van der Waals surface area contributed by atoms with E-state index in [0.717, 1.165) is 5.01 Å². The Labute approximate surface area is 147 Å². The molecule has 0 unspecified atom stereocenters. The number of ether oxygens (including phenoxy) is 1. The lowest BCUT2D eigenvalue weighted by Crippen LogP contribution is -2.26. The largest absolute Gasteiger partial charge is 0.495 e. The van der Waals surface area contributed by atoms with Gasteiger partial charge in [0.05, 0.1) is 17.0 Å². The lowest BCUT2D eigenvalue weighted by molar-refractivity contribution is 0.414. The van der Waals surface area contributed by atoms with Crippen molar-refractivity contribution in [1.29, 1.82) is 0 Å². The zero-order valence-corrected chi connectivity index (χ0v) is 15.2. The molecule has 24 heavy (non-hydrogen) atoms. The smallest absolute Gasteiger partial charge is 0.240 e. The molecule has 0 amide bonds. The van der Waals surface area contributed by atoms with E-state index in [9.17, 15) is 8.42 Å². The third kappa shape index (κ3) is 3.36. The fourth-order valence-electron chi connectivity index (χ4n) is 2.05. The minimum atomic E-state index is -3.65. The molecule has 1 aromatic carbocycles. The highest BCUT2D eigenvalue weighted by molar-refractivity contribution is 7.89. The van der Waals surface area contributed by atoms with Gasteiger partial charge < -0.3 is 4.74 Å². The zero-order valence-electron chi connectivity index (χ0n) is 12.9. The monoisotopic (exact) mass is 387 g/mol. The average molecular weight is 388 g/mol. The van der Waals surface area contributed by atoms with E-state index in [1.54, 1.807) is 11.4 Å². The molecule has 128 valence electrons. The summed E-state index contributed by atoms with van der Waals surface area (Å²) in [4.78, 5) is 0.773. The Hall–Kier alpha value is -1.75. The number of sulfonamides is 1. The summed E-state index contributed by atoms with van der Waals surface area (Å²) in [5.74, 6) is 1.12. The summed E-state index contributed by atoms with van der Waals surface area (Å²) in [5.41, 5.74) is 0. The van der Waals surface area contributed by atoms with E-state index >= 15 is 0 Å². The van der Waals surface area contributed by atoms with Crippen LogP contribution in [0.2, 0.25) is 5.02 Å². The standard InChI is InChI=1S/C13H14ClN5O3S2/c1-8-16-17-13-19(8)18-12(23-13)5-6-15-24(20,21)9-3-4-11(22-2)10(14)7-9/h3-4,7,15H,5-6H2,1-2H3. The maximum atomic E-state index is 12.3. The fraction of sp³-hybridized carbons (Fsp3) is 0.308. The maximum absolute atomic E-state index is 12.3. The van der Waals surface area contributed by atoms with E-state index in [1.165, 1.54) is 36.6 Å². The van der Waals surface area contributed by atoms with Gasteiger partial charge in [0.15, 0.2) is 5.82 Å². The Bertz CT molecular complexity index is 983. The first-order chi connectivity index (χ1) is 11.4. The highest BCUT2D eigenvalue weighted by Crippen LogP contribution is 2.26. The molecule has 8 nitrogen and oxygen atoms in total. The molecule has 0 saturated carbocycles. The van der Waals surface area contributed by atoms with Crippen molar-refractivity contribution in [3.8, 4) is 5.75 Å². The number of methoxy groups -OCH3 is 1. The molecule has 11 heteroatoms. The lowest BCUT2D eigenvalue weighted by atomic mass is 10.3. The number of nitrogens with one attached hydrogen (secondary N) is 1. The molecule has 0 fully saturated rings. The van der Waals surface area contributed by atoms with Crippen molar-refractivity contribution in [2.45, 2.75) is 18.2 Å². The number of hydrogen-bond donors (Lipinski definition) is 1. The van der Waals surface area contributed by atoms with Crippen LogP contribution in [0.4, 0.5) is 0 Å². The average Bonchev–Trinajstić information content (AvgIpc) is 3.09. The van der Waals surface area contributed by atoms with Gasteiger partial charge in [-0.25, -0.2) is 13.1 Å². The number of hydrogen-bond acceptors (Lipinski definition) is 7. The molecule has 0 aliphatic rings. The van der Waals surface area contributed by atoms with E-state index in [-0.39, 0.29) is 16.5 Å². The quantitative estimate of drug-likeness (QED) is 0.690. The van der Waals surface area contributed by atoms with Gasteiger partial charge in [-0.1, -0.05) is 22.9 Å². The van der Waals surface area contributed by atoms with Crippen LogP contribution in [0.3, 0.4) is 0 Å². The number of aryl methyl sites for hydroxylation is 1. The molecule has 2 aromatic heterocycles. The minimum Gasteiger partial charge on any atom is -0.495 e. The number of rotatable bonds is 6. The Balaban J connectivity index is 1.67. The molecule has 1 N–H and O–H groups in total. The predicted octanol–water partition coefficient (Wildman–Crippen LogP) is 1.68. The summed E-state index contributed by atoms with van der Waals surface area (Å²) in [6.45, 7) is 2.02. The van der Waals surface area contributed by atoms with Gasteiger partial charge in [-0.2, -0.15) is 9.61 Å². The summed E-state index contributed by atoms with van der Waals surface area (Å²) >= 11 is 7.35. The topological polar surface area (TPSA) is 98.5 Å². The number of aromatic nitrogens is 4. The summed E-state index contributed by atoms with van der Waals surface area (Å²) < 4.78 is 33.8. The van der Waals surface area contributed by atoms with Crippen molar-refractivity contribution in [2.24, 2.45) is 0 Å². The van der Waals surface area contributed by atoms with Gasteiger partial charge in [-0.3, -0.25) is 0 Å². The SMILES string of the molecule is COc1ccc(S(=O)(=O)NCCc2nn3c(C)nnc3s2)cc1Cl. The van der Waals surface area contributed by atoms with Gasteiger partial charge >= 0.3 is 0 Å². The first kappa shape index (κ1) is 17.1. The summed E-state index contributed by atoms with van der Waals surface area (Å²) in [6.07, 6.45) is 0.455. The van der Waals surface area contributed by atoms with Crippen LogP contribution in [0.15, 0.2) is 23.1 Å². The van der Waals surface area contributed by atoms with Crippen LogP contribution in [0.25, 0.3) is 4.96 Å². The first-order valence-corrected chi connectivity index (χ1v) is 9.59. The van der Waals surface area contributed by atoms with Gasteiger partial charge in [0.25, 0.3) is 0 Å². The van der Waals surface area contributed by atoms with Crippen LogP contribution in [0, 0.1) is 6.92 Å². The van der Waals surface area contributed by atoms with E-state index in [0.29, 0.717) is 23.0 Å². The van der Waals surface area contributed by atoms with Crippen LogP contribution in [0.5, 0.6) is 5.75 Å². The Kier molecular flexibility index (Phi) is 4.72. The first-order valence-electron chi connectivity index (χ1n) is 6.91.